The number of carbonyl (C=O) groups excluding carboxylic acids is 2. The van der Waals surface area contributed by atoms with Crippen molar-refractivity contribution in [3.63, 3.8) is 0 Å². The topological polar surface area (TPSA) is 67.4 Å². The third-order valence-electron chi connectivity index (χ3n) is 4.15. The van der Waals surface area contributed by atoms with Gasteiger partial charge in [0.2, 0.25) is 5.91 Å². The summed E-state index contributed by atoms with van der Waals surface area (Å²) >= 11 is 0. The lowest BCUT2D eigenvalue weighted by Gasteiger charge is -2.22. The molecule has 2 rings (SSSR count). The van der Waals surface area contributed by atoms with E-state index in [-0.39, 0.29) is 23.8 Å². The molecular formula is C21H22F4N2O3. The van der Waals surface area contributed by atoms with Gasteiger partial charge < -0.3 is 15.4 Å². The molecule has 0 saturated carbocycles. The summed E-state index contributed by atoms with van der Waals surface area (Å²) in [6.07, 6.45) is -4.42. The maximum atomic E-state index is 13.8. The van der Waals surface area contributed by atoms with Gasteiger partial charge in [0, 0.05) is 6.54 Å². The number of halogens is 4. The Morgan fingerprint density at radius 2 is 1.67 bits per heavy atom. The molecule has 0 aromatic heterocycles. The molecule has 0 bridgehead atoms. The van der Waals surface area contributed by atoms with Crippen molar-refractivity contribution < 1.29 is 31.9 Å². The Bertz CT molecular complexity index is 867. The molecule has 0 spiro atoms. The average molecular weight is 426 g/mol. The van der Waals surface area contributed by atoms with E-state index in [0.717, 1.165) is 6.07 Å². The summed E-state index contributed by atoms with van der Waals surface area (Å²) in [6, 6.07) is 10.3. The van der Waals surface area contributed by atoms with E-state index in [2.05, 4.69) is 15.4 Å². The highest BCUT2D eigenvalue weighted by Crippen LogP contribution is 2.19. The summed E-state index contributed by atoms with van der Waals surface area (Å²) in [5.41, 5.74) is 0.469. The van der Waals surface area contributed by atoms with Crippen molar-refractivity contribution in [1.82, 2.24) is 10.6 Å². The number of hydrogen-bond donors (Lipinski definition) is 2. The Labute approximate surface area is 171 Å². The van der Waals surface area contributed by atoms with E-state index in [1.165, 1.54) is 42.5 Å². The highest BCUT2D eigenvalue weighted by molar-refractivity contribution is 5.97. The van der Waals surface area contributed by atoms with Gasteiger partial charge in [0.15, 0.2) is 6.61 Å². The van der Waals surface area contributed by atoms with E-state index in [4.69, 9.17) is 0 Å². The van der Waals surface area contributed by atoms with Gasteiger partial charge in [-0.1, -0.05) is 38.1 Å². The summed E-state index contributed by atoms with van der Waals surface area (Å²) < 4.78 is 54.9. The second kappa shape index (κ2) is 10.1. The molecule has 0 aliphatic rings. The summed E-state index contributed by atoms with van der Waals surface area (Å²) in [5.74, 6) is -2.07. The van der Waals surface area contributed by atoms with Crippen molar-refractivity contribution in [2.45, 2.75) is 32.6 Å². The van der Waals surface area contributed by atoms with Crippen LogP contribution in [0.5, 0.6) is 5.75 Å². The molecule has 0 radical (unpaired) electrons. The molecule has 0 aliphatic carbocycles. The summed E-state index contributed by atoms with van der Waals surface area (Å²) in [5, 5.41) is 5.19. The smallest absolute Gasteiger partial charge is 0.422 e. The molecule has 2 aromatic carbocycles. The first-order chi connectivity index (χ1) is 14.1. The molecule has 0 saturated heterocycles. The number of amides is 2. The summed E-state index contributed by atoms with van der Waals surface area (Å²) in [4.78, 5) is 24.8. The molecule has 2 amide bonds. The molecule has 2 N–H and O–H groups in total. The minimum absolute atomic E-state index is 0.0552. The van der Waals surface area contributed by atoms with Crippen LogP contribution in [0.25, 0.3) is 0 Å². The van der Waals surface area contributed by atoms with Crippen molar-refractivity contribution in [1.29, 1.82) is 0 Å². The van der Waals surface area contributed by atoms with E-state index in [9.17, 15) is 27.2 Å². The van der Waals surface area contributed by atoms with Crippen LogP contribution in [0.15, 0.2) is 48.5 Å². The van der Waals surface area contributed by atoms with Gasteiger partial charge in [0.1, 0.15) is 17.6 Å². The van der Waals surface area contributed by atoms with E-state index >= 15 is 0 Å². The first-order valence-corrected chi connectivity index (χ1v) is 9.18. The van der Waals surface area contributed by atoms with Crippen LogP contribution < -0.4 is 15.4 Å². The van der Waals surface area contributed by atoms with Crippen molar-refractivity contribution in [2.24, 2.45) is 5.92 Å². The minimum Gasteiger partial charge on any atom is -0.484 e. The van der Waals surface area contributed by atoms with Crippen molar-refractivity contribution in [2.75, 3.05) is 6.61 Å². The Balaban J connectivity index is 1.94. The molecule has 0 heterocycles. The Hall–Kier alpha value is -3.10. The van der Waals surface area contributed by atoms with E-state index in [1.54, 1.807) is 13.8 Å². The van der Waals surface area contributed by atoms with Gasteiger partial charge in [-0.2, -0.15) is 13.2 Å². The van der Waals surface area contributed by atoms with Gasteiger partial charge in [-0.05, 0) is 35.7 Å². The van der Waals surface area contributed by atoms with Crippen LogP contribution in [0.2, 0.25) is 0 Å². The molecule has 1 atom stereocenters. The number of benzene rings is 2. The predicted octanol–water partition coefficient (Wildman–Crippen LogP) is 3.84. The van der Waals surface area contributed by atoms with Crippen LogP contribution in [0.1, 0.15) is 29.8 Å². The fraction of sp³-hybridized carbons (Fsp3) is 0.333. The second-order valence-electron chi connectivity index (χ2n) is 6.94. The van der Waals surface area contributed by atoms with Gasteiger partial charge in [0.05, 0.1) is 5.56 Å². The van der Waals surface area contributed by atoms with Gasteiger partial charge in [-0.3, -0.25) is 9.59 Å². The quantitative estimate of drug-likeness (QED) is 0.631. The third-order valence-corrected chi connectivity index (χ3v) is 4.15. The maximum Gasteiger partial charge on any atom is 0.422 e. The van der Waals surface area contributed by atoms with Gasteiger partial charge in [-0.15, -0.1) is 0 Å². The van der Waals surface area contributed by atoms with Gasteiger partial charge in [0.25, 0.3) is 5.91 Å². The zero-order valence-corrected chi connectivity index (χ0v) is 16.4. The number of alkyl halides is 3. The number of nitrogens with one attached hydrogen (secondary N) is 2. The lowest BCUT2D eigenvalue weighted by Crippen LogP contribution is -2.49. The van der Waals surface area contributed by atoms with Crippen LogP contribution >= 0.6 is 0 Å². The first kappa shape index (κ1) is 23.2. The zero-order chi connectivity index (χ0) is 22.3. The van der Waals surface area contributed by atoms with Crippen LogP contribution in [0, 0.1) is 11.7 Å². The van der Waals surface area contributed by atoms with Crippen molar-refractivity contribution in [3.8, 4) is 5.75 Å². The third kappa shape index (κ3) is 7.06. The number of ether oxygens (including phenoxy) is 1. The van der Waals surface area contributed by atoms with Gasteiger partial charge in [-0.25, -0.2) is 4.39 Å². The summed E-state index contributed by atoms with van der Waals surface area (Å²) in [7, 11) is 0. The molecule has 1 unspecified atom stereocenters. The Morgan fingerprint density at radius 1 is 1.03 bits per heavy atom. The second-order valence-corrected chi connectivity index (χ2v) is 6.94. The predicted molar refractivity (Wildman–Crippen MR) is 102 cm³/mol. The standard InChI is InChI=1S/C21H22F4N2O3/c1-13(2)18(27-19(28)16-5-3-4-6-17(16)22)20(29)26-11-14-7-9-15(10-8-14)30-12-21(23,24)25/h3-10,13,18H,11-12H2,1-2H3,(H,26,29)(H,27,28). The fourth-order valence-corrected chi connectivity index (χ4v) is 2.57. The van der Waals surface area contributed by atoms with Crippen molar-refractivity contribution in [3.05, 3.63) is 65.5 Å². The first-order valence-electron chi connectivity index (χ1n) is 9.18. The molecule has 30 heavy (non-hydrogen) atoms. The average Bonchev–Trinajstić information content (AvgIpc) is 2.68. The van der Waals surface area contributed by atoms with Crippen LogP contribution in [-0.2, 0) is 11.3 Å². The summed E-state index contributed by atoms with van der Waals surface area (Å²) in [6.45, 7) is 2.18. The van der Waals surface area contributed by atoms with Crippen LogP contribution in [0.4, 0.5) is 17.6 Å². The van der Waals surface area contributed by atoms with Gasteiger partial charge >= 0.3 is 6.18 Å². The number of rotatable bonds is 8. The lowest BCUT2D eigenvalue weighted by molar-refractivity contribution is -0.153. The highest BCUT2D eigenvalue weighted by Gasteiger charge is 2.28. The largest absolute Gasteiger partial charge is 0.484 e. The highest BCUT2D eigenvalue weighted by atomic mass is 19.4. The van der Waals surface area contributed by atoms with E-state index in [1.807, 2.05) is 0 Å². The molecular weight excluding hydrogens is 404 g/mol. The van der Waals surface area contributed by atoms with E-state index < -0.39 is 36.5 Å². The van der Waals surface area contributed by atoms with Crippen molar-refractivity contribution >= 4 is 11.8 Å². The van der Waals surface area contributed by atoms with Crippen LogP contribution in [0.3, 0.4) is 0 Å². The minimum atomic E-state index is -4.42. The Morgan fingerprint density at radius 3 is 2.23 bits per heavy atom. The molecule has 5 nitrogen and oxygen atoms in total. The number of carbonyl (C=O) groups is 2. The lowest BCUT2D eigenvalue weighted by atomic mass is 10.0. The SMILES string of the molecule is CC(C)C(NC(=O)c1ccccc1F)C(=O)NCc1ccc(OCC(F)(F)F)cc1. The van der Waals surface area contributed by atoms with E-state index in [0.29, 0.717) is 5.56 Å². The molecule has 2 aromatic rings. The molecule has 162 valence electrons. The Kier molecular flexibility index (Phi) is 7.79. The van der Waals surface area contributed by atoms with Crippen LogP contribution in [-0.4, -0.2) is 30.6 Å². The normalized spacial score (nSPS) is 12.4. The molecule has 9 heteroatoms. The number of hydrogen-bond acceptors (Lipinski definition) is 3. The zero-order valence-electron chi connectivity index (χ0n) is 16.4. The monoisotopic (exact) mass is 426 g/mol. The fourth-order valence-electron chi connectivity index (χ4n) is 2.57. The molecule has 0 fully saturated rings. The maximum absolute atomic E-state index is 13.8. The molecule has 0 aliphatic heterocycles.